The number of halogens is 1. The first kappa shape index (κ1) is 17.1. The summed E-state index contributed by atoms with van der Waals surface area (Å²) in [6.07, 6.45) is -0.350. The maximum Gasteiger partial charge on any atom is 0.321 e. The summed E-state index contributed by atoms with van der Waals surface area (Å²) in [6, 6.07) is 5.62. The van der Waals surface area contributed by atoms with Gasteiger partial charge in [0.05, 0.1) is 6.10 Å². The molecule has 1 heterocycles. The lowest BCUT2D eigenvalue weighted by atomic mass is 10.1. The van der Waals surface area contributed by atoms with E-state index in [2.05, 4.69) is 17.1 Å². The van der Waals surface area contributed by atoms with Crippen molar-refractivity contribution in [2.75, 3.05) is 31.5 Å². The van der Waals surface area contributed by atoms with E-state index in [1.165, 1.54) is 0 Å². The van der Waals surface area contributed by atoms with Crippen LogP contribution in [0.1, 0.15) is 19.4 Å². The van der Waals surface area contributed by atoms with Crippen LogP contribution in [0.5, 0.6) is 0 Å². The molecule has 0 bridgehead atoms. The Bertz CT molecular complexity index is 536. The van der Waals surface area contributed by atoms with Gasteiger partial charge in [-0.25, -0.2) is 4.79 Å². The zero-order valence-electron chi connectivity index (χ0n) is 13.3. The number of β-amino-alcohol motifs (C(OH)–C–C–N with tert-alkyl or cyclic N) is 1. The van der Waals surface area contributed by atoms with Crippen LogP contribution in [-0.4, -0.2) is 59.3 Å². The molecule has 6 heteroatoms. The van der Waals surface area contributed by atoms with E-state index < -0.39 is 0 Å². The summed E-state index contributed by atoms with van der Waals surface area (Å²) in [4.78, 5) is 16.4. The number of hydrogen-bond acceptors (Lipinski definition) is 3. The summed E-state index contributed by atoms with van der Waals surface area (Å²) in [5.41, 5.74) is 1.62. The molecular weight excluding hydrogens is 302 g/mol. The largest absolute Gasteiger partial charge is 0.392 e. The molecule has 0 aromatic heterocycles. The standard InChI is InChI=1S/C16H24ClN3O2/c1-11-9-20(8-7-19(11)10-12(2)21)16(22)18-15-6-4-5-14(17)13(15)3/h4-6,11-12,21H,7-10H2,1-3H3,(H,18,22)/t11-,12-/m1/s1. The number of aliphatic hydroxyl groups excluding tert-OH is 1. The average molecular weight is 326 g/mol. The van der Waals surface area contributed by atoms with Gasteiger partial charge in [0.25, 0.3) is 0 Å². The predicted octanol–water partition coefficient (Wildman–Crippen LogP) is 2.57. The number of urea groups is 1. The first-order chi connectivity index (χ1) is 10.4. The minimum absolute atomic E-state index is 0.103. The number of rotatable bonds is 3. The monoisotopic (exact) mass is 325 g/mol. The minimum atomic E-state index is -0.350. The molecule has 0 aliphatic carbocycles. The van der Waals surface area contributed by atoms with Crippen molar-refractivity contribution in [3.05, 3.63) is 28.8 Å². The summed E-state index contributed by atoms with van der Waals surface area (Å²) in [7, 11) is 0. The van der Waals surface area contributed by atoms with Gasteiger partial charge in [-0.1, -0.05) is 17.7 Å². The van der Waals surface area contributed by atoms with Crippen molar-refractivity contribution in [3.63, 3.8) is 0 Å². The number of nitrogens with one attached hydrogen (secondary N) is 1. The van der Waals surface area contributed by atoms with Crippen LogP contribution in [0.15, 0.2) is 18.2 Å². The minimum Gasteiger partial charge on any atom is -0.392 e. The second-order valence-electron chi connectivity index (χ2n) is 5.98. The van der Waals surface area contributed by atoms with Gasteiger partial charge in [-0.15, -0.1) is 0 Å². The highest BCUT2D eigenvalue weighted by atomic mass is 35.5. The molecule has 2 atom stereocenters. The van der Waals surface area contributed by atoms with Gasteiger partial charge in [0.1, 0.15) is 0 Å². The topological polar surface area (TPSA) is 55.8 Å². The van der Waals surface area contributed by atoms with Crippen molar-refractivity contribution >= 4 is 23.3 Å². The lowest BCUT2D eigenvalue weighted by Crippen LogP contribution is -2.55. The van der Waals surface area contributed by atoms with Gasteiger partial charge in [-0.05, 0) is 38.5 Å². The third-order valence-electron chi connectivity index (χ3n) is 4.06. The number of piperazine rings is 1. The Hall–Kier alpha value is -1.30. The van der Waals surface area contributed by atoms with E-state index in [0.717, 1.165) is 17.8 Å². The molecule has 1 aliphatic heterocycles. The van der Waals surface area contributed by atoms with Gasteiger partial charge in [-0.3, -0.25) is 4.90 Å². The second-order valence-corrected chi connectivity index (χ2v) is 6.39. The van der Waals surface area contributed by atoms with Gasteiger partial charge < -0.3 is 15.3 Å². The average Bonchev–Trinajstić information content (AvgIpc) is 2.45. The Morgan fingerprint density at radius 1 is 1.50 bits per heavy atom. The first-order valence-corrected chi connectivity index (χ1v) is 7.99. The Labute approximate surface area is 136 Å². The lowest BCUT2D eigenvalue weighted by Gasteiger charge is -2.40. The van der Waals surface area contributed by atoms with E-state index in [4.69, 9.17) is 11.6 Å². The van der Waals surface area contributed by atoms with Crippen molar-refractivity contribution in [2.45, 2.75) is 32.9 Å². The third kappa shape index (κ3) is 4.12. The van der Waals surface area contributed by atoms with Crippen LogP contribution < -0.4 is 5.32 Å². The summed E-state index contributed by atoms with van der Waals surface area (Å²) < 4.78 is 0. The van der Waals surface area contributed by atoms with Gasteiger partial charge in [0.15, 0.2) is 0 Å². The van der Waals surface area contributed by atoms with Crippen LogP contribution in [0.2, 0.25) is 5.02 Å². The number of nitrogens with zero attached hydrogens (tertiary/aromatic N) is 2. The Morgan fingerprint density at radius 3 is 2.86 bits per heavy atom. The van der Waals surface area contributed by atoms with Crippen LogP contribution in [0, 0.1) is 6.92 Å². The zero-order valence-corrected chi connectivity index (χ0v) is 14.1. The third-order valence-corrected chi connectivity index (χ3v) is 4.47. The van der Waals surface area contributed by atoms with Gasteiger partial charge in [0.2, 0.25) is 0 Å². The van der Waals surface area contributed by atoms with E-state index in [-0.39, 0.29) is 18.2 Å². The fourth-order valence-electron chi connectivity index (χ4n) is 2.73. The Balaban J connectivity index is 1.96. The van der Waals surface area contributed by atoms with E-state index in [0.29, 0.717) is 24.7 Å². The molecule has 2 rings (SSSR count). The highest BCUT2D eigenvalue weighted by Crippen LogP contribution is 2.23. The maximum atomic E-state index is 12.4. The number of benzene rings is 1. The molecule has 1 saturated heterocycles. The summed E-state index contributed by atoms with van der Waals surface area (Å²) in [5, 5.41) is 13.1. The number of anilines is 1. The van der Waals surface area contributed by atoms with Crippen LogP contribution >= 0.6 is 11.6 Å². The molecule has 0 saturated carbocycles. The smallest absolute Gasteiger partial charge is 0.321 e. The van der Waals surface area contributed by atoms with Crippen molar-refractivity contribution < 1.29 is 9.90 Å². The number of aliphatic hydroxyl groups is 1. The number of carbonyl (C=O) groups excluding carboxylic acids is 1. The van der Waals surface area contributed by atoms with Crippen molar-refractivity contribution in [1.29, 1.82) is 0 Å². The molecule has 0 spiro atoms. The fraction of sp³-hybridized carbons (Fsp3) is 0.562. The Morgan fingerprint density at radius 2 is 2.23 bits per heavy atom. The lowest BCUT2D eigenvalue weighted by molar-refractivity contribution is 0.0590. The van der Waals surface area contributed by atoms with E-state index >= 15 is 0 Å². The van der Waals surface area contributed by atoms with Crippen LogP contribution in [0.3, 0.4) is 0 Å². The SMILES string of the molecule is Cc1c(Cl)cccc1NC(=O)N1CCN(C[C@@H](C)O)[C@H](C)C1. The molecule has 1 aromatic rings. The number of amides is 2. The summed E-state index contributed by atoms with van der Waals surface area (Å²) in [5.74, 6) is 0. The molecule has 22 heavy (non-hydrogen) atoms. The molecule has 2 amide bonds. The molecule has 1 fully saturated rings. The highest BCUT2D eigenvalue weighted by molar-refractivity contribution is 6.31. The molecule has 2 N–H and O–H groups in total. The number of carbonyl (C=O) groups is 1. The van der Waals surface area contributed by atoms with Crippen molar-refractivity contribution in [2.24, 2.45) is 0 Å². The van der Waals surface area contributed by atoms with Crippen LogP contribution in [0.4, 0.5) is 10.5 Å². The van der Waals surface area contributed by atoms with Gasteiger partial charge >= 0.3 is 6.03 Å². The molecular formula is C16H24ClN3O2. The fourth-order valence-corrected chi connectivity index (χ4v) is 2.90. The summed E-state index contributed by atoms with van der Waals surface area (Å²) >= 11 is 6.08. The van der Waals surface area contributed by atoms with Gasteiger partial charge in [0, 0.05) is 42.9 Å². The molecule has 1 aliphatic rings. The molecule has 0 radical (unpaired) electrons. The summed E-state index contributed by atoms with van der Waals surface area (Å²) in [6.45, 7) is 8.47. The van der Waals surface area contributed by atoms with E-state index in [1.54, 1.807) is 6.92 Å². The quantitative estimate of drug-likeness (QED) is 0.898. The predicted molar refractivity (Wildman–Crippen MR) is 89.5 cm³/mol. The second kappa shape index (κ2) is 7.31. The number of hydrogen-bond donors (Lipinski definition) is 2. The Kier molecular flexibility index (Phi) is 5.67. The molecule has 1 aromatic carbocycles. The molecule has 122 valence electrons. The van der Waals surface area contributed by atoms with Gasteiger partial charge in [-0.2, -0.15) is 0 Å². The molecule has 5 nitrogen and oxygen atoms in total. The first-order valence-electron chi connectivity index (χ1n) is 7.61. The van der Waals surface area contributed by atoms with Crippen molar-refractivity contribution in [1.82, 2.24) is 9.80 Å². The molecule has 0 unspecified atom stereocenters. The van der Waals surface area contributed by atoms with Crippen LogP contribution in [0.25, 0.3) is 0 Å². The maximum absolute atomic E-state index is 12.4. The van der Waals surface area contributed by atoms with Crippen LogP contribution in [-0.2, 0) is 0 Å². The van der Waals surface area contributed by atoms with E-state index in [9.17, 15) is 9.90 Å². The normalized spacial score (nSPS) is 20.8. The van der Waals surface area contributed by atoms with Crippen molar-refractivity contribution in [3.8, 4) is 0 Å². The zero-order chi connectivity index (χ0) is 16.3. The highest BCUT2D eigenvalue weighted by Gasteiger charge is 2.27. The van der Waals surface area contributed by atoms with E-state index in [1.807, 2.05) is 30.0 Å².